The van der Waals surface area contributed by atoms with Crippen LogP contribution in [0.5, 0.6) is 0 Å². The van der Waals surface area contributed by atoms with Crippen LogP contribution >= 0.6 is 0 Å². The minimum absolute atomic E-state index is 0.149. The van der Waals surface area contributed by atoms with E-state index in [2.05, 4.69) is 10.2 Å². The quantitative estimate of drug-likeness (QED) is 0.656. The van der Waals surface area contributed by atoms with E-state index >= 15 is 0 Å². The summed E-state index contributed by atoms with van der Waals surface area (Å²) in [6, 6.07) is 16.7. The van der Waals surface area contributed by atoms with E-state index in [1.165, 1.54) is 0 Å². The molecular formula is C25H32N4O3. The Labute approximate surface area is 189 Å². The second-order valence-corrected chi connectivity index (χ2v) is 9.02. The summed E-state index contributed by atoms with van der Waals surface area (Å²) in [5.74, 6) is -0.624. The summed E-state index contributed by atoms with van der Waals surface area (Å²) in [5.41, 5.74) is 9.00. The van der Waals surface area contributed by atoms with Crippen molar-refractivity contribution in [1.29, 1.82) is 0 Å². The molecule has 2 aromatic carbocycles. The number of hydrogen-bond acceptors (Lipinski definition) is 4. The number of carbonyl (C=O) groups excluding carboxylic acids is 2. The number of primary amides is 1. The Morgan fingerprint density at radius 1 is 1.06 bits per heavy atom. The summed E-state index contributed by atoms with van der Waals surface area (Å²) in [4.78, 5) is 29.6. The van der Waals surface area contributed by atoms with E-state index in [9.17, 15) is 14.7 Å². The molecule has 1 aliphatic heterocycles. The number of aliphatic hydroxyl groups excluding tert-OH is 1. The first-order chi connectivity index (χ1) is 15.4. The number of carbonyl (C=O) groups is 2. The number of likely N-dealkylation sites (N-methyl/N-ethyl adjacent to an activating group) is 1. The minimum atomic E-state index is -0.646. The predicted octanol–water partition coefficient (Wildman–Crippen LogP) is 1.18. The maximum absolute atomic E-state index is 13.6. The van der Waals surface area contributed by atoms with Crippen LogP contribution in [0.25, 0.3) is 0 Å². The number of aliphatic hydroxyl groups is 1. The van der Waals surface area contributed by atoms with Gasteiger partial charge >= 0.3 is 6.03 Å². The molecule has 0 bridgehead atoms. The highest BCUT2D eigenvalue weighted by Gasteiger charge is 2.39. The summed E-state index contributed by atoms with van der Waals surface area (Å²) in [7, 11) is 1.99. The smallest absolute Gasteiger partial charge is 0.315 e. The van der Waals surface area contributed by atoms with Crippen LogP contribution in [0.4, 0.5) is 4.79 Å². The molecule has 2 aliphatic rings. The fourth-order valence-corrected chi connectivity index (χ4v) is 4.98. The second kappa shape index (κ2) is 9.71. The molecule has 1 saturated heterocycles. The molecule has 4 rings (SSSR count). The van der Waals surface area contributed by atoms with Crippen LogP contribution in [0.3, 0.4) is 0 Å². The molecule has 32 heavy (non-hydrogen) atoms. The van der Waals surface area contributed by atoms with Crippen molar-refractivity contribution in [3.05, 3.63) is 71.3 Å². The van der Waals surface area contributed by atoms with Crippen molar-refractivity contribution in [2.24, 2.45) is 11.7 Å². The number of nitrogens with two attached hydrogens (primary N) is 1. The standard InChI is InChI=1S/C25H32N4O3/c1-28-11-12-29(25(26)32)22(16-28)20(13-17-7-3-2-4-8-17)24(31)27-21-14-18-9-5-6-10-19(18)15-23(21)30/h2-10,20-23,30H,11-16H2,1H3,(H2,26,32)(H,27,31)/t20-,21-,22?,23-/m0/s1. The molecule has 1 heterocycles. The highest BCUT2D eigenvalue weighted by Crippen LogP contribution is 2.25. The van der Waals surface area contributed by atoms with Crippen molar-refractivity contribution >= 4 is 11.9 Å². The van der Waals surface area contributed by atoms with Gasteiger partial charge in [-0.05, 0) is 36.6 Å². The first kappa shape index (κ1) is 22.3. The van der Waals surface area contributed by atoms with Gasteiger partial charge in [0.15, 0.2) is 0 Å². The van der Waals surface area contributed by atoms with Gasteiger partial charge in [-0.2, -0.15) is 0 Å². The molecular weight excluding hydrogens is 404 g/mol. The van der Waals surface area contributed by atoms with Crippen molar-refractivity contribution in [3.63, 3.8) is 0 Å². The number of amides is 3. The van der Waals surface area contributed by atoms with Gasteiger partial charge in [-0.15, -0.1) is 0 Å². The topological polar surface area (TPSA) is 98.9 Å². The van der Waals surface area contributed by atoms with Crippen molar-refractivity contribution in [3.8, 4) is 0 Å². The molecule has 0 saturated carbocycles. The molecule has 3 amide bonds. The van der Waals surface area contributed by atoms with E-state index in [4.69, 9.17) is 5.73 Å². The predicted molar refractivity (Wildman–Crippen MR) is 123 cm³/mol. The molecule has 1 fully saturated rings. The van der Waals surface area contributed by atoms with Gasteiger partial charge in [0.1, 0.15) is 0 Å². The molecule has 7 nitrogen and oxygen atoms in total. The lowest BCUT2D eigenvalue weighted by Gasteiger charge is -2.43. The number of piperazine rings is 1. The van der Waals surface area contributed by atoms with Crippen LogP contribution < -0.4 is 11.1 Å². The van der Waals surface area contributed by atoms with E-state index < -0.39 is 18.1 Å². The van der Waals surface area contributed by atoms with Gasteiger partial charge in [0.2, 0.25) is 5.91 Å². The molecule has 0 radical (unpaired) electrons. The Balaban J connectivity index is 1.57. The van der Waals surface area contributed by atoms with Gasteiger partial charge in [0.05, 0.1) is 24.1 Å². The zero-order valence-corrected chi connectivity index (χ0v) is 18.5. The van der Waals surface area contributed by atoms with E-state index in [0.29, 0.717) is 32.4 Å². The largest absolute Gasteiger partial charge is 0.391 e. The molecule has 2 aromatic rings. The summed E-state index contributed by atoms with van der Waals surface area (Å²) in [5, 5.41) is 13.8. The molecule has 0 spiro atoms. The normalized spacial score (nSPS) is 24.4. The number of nitrogens with one attached hydrogen (secondary N) is 1. The van der Waals surface area contributed by atoms with Crippen molar-refractivity contribution < 1.29 is 14.7 Å². The molecule has 7 heteroatoms. The monoisotopic (exact) mass is 436 g/mol. The third-order valence-corrected chi connectivity index (χ3v) is 6.78. The molecule has 1 unspecified atom stereocenters. The van der Waals surface area contributed by atoms with Gasteiger partial charge in [0, 0.05) is 26.1 Å². The molecule has 170 valence electrons. The Bertz CT molecular complexity index is 951. The van der Waals surface area contributed by atoms with E-state index in [1.54, 1.807) is 4.90 Å². The lowest BCUT2D eigenvalue weighted by atomic mass is 9.84. The first-order valence-electron chi connectivity index (χ1n) is 11.3. The number of hydrogen-bond donors (Lipinski definition) is 3. The lowest BCUT2D eigenvalue weighted by Crippen LogP contribution is -2.62. The summed E-state index contributed by atoms with van der Waals surface area (Å²) in [6.45, 7) is 1.79. The maximum atomic E-state index is 13.6. The highest BCUT2D eigenvalue weighted by molar-refractivity contribution is 5.82. The van der Waals surface area contributed by atoms with E-state index in [-0.39, 0.29) is 18.0 Å². The lowest BCUT2D eigenvalue weighted by molar-refractivity contribution is -0.129. The molecule has 4 N–H and O–H groups in total. The third kappa shape index (κ3) is 4.95. The number of nitrogens with zero attached hydrogens (tertiary/aromatic N) is 2. The van der Waals surface area contributed by atoms with E-state index in [1.807, 2.05) is 61.6 Å². The van der Waals surface area contributed by atoms with Gasteiger partial charge in [-0.3, -0.25) is 4.79 Å². The SMILES string of the molecule is CN1CCN(C(N)=O)C([C@H](Cc2ccccc2)C(=O)N[C@H]2Cc3ccccc3C[C@@H]2O)C1. The average Bonchev–Trinajstić information content (AvgIpc) is 2.78. The molecule has 1 aliphatic carbocycles. The number of rotatable bonds is 5. The number of urea groups is 1. The van der Waals surface area contributed by atoms with Crippen molar-refractivity contribution in [2.45, 2.75) is 37.5 Å². The van der Waals surface area contributed by atoms with Crippen molar-refractivity contribution in [2.75, 3.05) is 26.7 Å². The third-order valence-electron chi connectivity index (χ3n) is 6.78. The number of fused-ring (bicyclic) bond motifs is 1. The summed E-state index contributed by atoms with van der Waals surface area (Å²) >= 11 is 0. The first-order valence-corrected chi connectivity index (χ1v) is 11.3. The van der Waals surface area contributed by atoms with E-state index in [0.717, 1.165) is 23.2 Å². The fraction of sp³-hybridized carbons (Fsp3) is 0.440. The molecule has 0 aromatic heterocycles. The highest BCUT2D eigenvalue weighted by atomic mass is 16.3. The van der Waals surface area contributed by atoms with Crippen LogP contribution in [0, 0.1) is 5.92 Å². The van der Waals surface area contributed by atoms with Crippen LogP contribution in [0.15, 0.2) is 54.6 Å². The van der Waals surface area contributed by atoms with Crippen LogP contribution in [-0.4, -0.2) is 71.7 Å². The summed E-state index contributed by atoms with van der Waals surface area (Å²) < 4.78 is 0. The Hall–Kier alpha value is -2.90. The second-order valence-electron chi connectivity index (χ2n) is 9.02. The Morgan fingerprint density at radius 3 is 2.41 bits per heavy atom. The Morgan fingerprint density at radius 2 is 1.72 bits per heavy atom. The zero-order chi connectivity index (χ0) is 22.7. The van der Waals surface area contributed by atoms with Gasteiger partial charge in [0.25, 0.3) is 0 Å². The zero-order valence-electron chi connectivity index (χ0n) is 18.5. The average molecular weight is 437 g/mol. The van der Waals surface area contributed by atoms with Gasteiger partial charge in [-0.1, -0.05) is 54.6 Å². The fourth-order valence-electron chi connectivity index (χ4n) is 4.98. The van der Waals surface area contributed by atoms with Gasteiger partial charge < -0.3 is 26.0 Å². The van der Waals surface area contributed by atoms with Gasteiger partial charge in [-0.25, -0.2) is 4.79 Å². The summed E-state index contributed by atoms with van der Waals surface area (Å²) in [6.07, 6.45) is 0.955. The van der Waals surface area contributed by atoms with Crippen LogP contribution in [0.1, 0.15) is 16.7 Å². The number of benzene rings is 2. The van der Waals surface area contributed by atoms with Crippen LogP contribution in [0.2, 0.25) is 0 Å². The van der Waals surface area contributed by atoms with Crippen molar-refractivity contribution in [1.82, 2.24) is 15.1 Å². The maximum Gasteiger partial charge on any atom is 0.315 e. The van der Waals surface area contributed by atoms with Crippen LogP contribution in [-0.2, 0) is 24.1 Å². The Kier molecular flexibility index (Phi) is 6.77. The minimum Gasteiger partial charge on any atom is -0.391 e. The molecule has 4 atom stereocenters.